The predicted molar refractivity (Wildman–Crippen MR) is 87.5 cm³/mol. The van der Waals surface area contributed by atoms with Crippen LogP contribution in [0.4, 0.5) is 5.69 Å². The number of benzene rings is 1. The highest BCUT2D eigenvalue weighted by atomic mass is 32.2. The van der Waals surface area contributed by atoms with E-state index in [-0.39, 0.29) is 5.91 Å². The fourth-order valence-electron chi connectivity index (χ4n) is 2.86. The van der Waals surface area contributed by atoms with Gasteiger partial charge >= 0.3 is 0 Å². The van der Waals surface area contributed by atoms with E-state index < -0.39 is 10.0 Å². The van der Waals surface area contributed by atoms with Crippen molar-refractivity contribution in [1.82, 2.24) is 4.31 Å². The van der Waals surface area contributed by atoms with Crippen LogP contribution in [0.25, 0.3) is 0 Å². The molecule has 0 unspecified atom stereocenters. The SMILES string of the molecule is CCCC(=O)N1CCc2cc(S(=O)(=O)N(CC)CC)ccc21. The second kappa shape index (κ2) is 6.79. The van der Waals surface area contributed by atoms with Gasteiger partial charge in [-0.1, -0.05) is 20.8 Å². The number of carbonyl (C=O) groups is 1. The topological polar surface area (TPSA) is 57.7 Å². The molecule has 0 radical (unpaired) electrons. The summed E-state index contributed by atoms with van der Waals surface area (Å²) in [5.41, 5.74) is 1.80. The molecule has 122 valence electrons. The van der Waals surface area contributed by atoms with Crippen LogP contribution in [0.1, 0.15) is 39.2 Å². The molecule has 1 aromatic rings. The molecule has 0 spiro atoms. The summed E-state index contributed by atoms with van der Waals surface area (Å²) in [6.45, 7) is 7.20. The molecule has 5 nitrogen and oxygen atoms in total. The Bertz CT molecular complexity index is 651. The van der Waals surface area contributed by atoms with Crippen LogP contribution in [0.2, 0.25) is 0 Å². The lowest BCUT2D eigenvalue weighted by Gasteiger charge is -2.20. The third-order valence-electron chi connectivity index (χ3n) is 4.05. The van der Waals surface area contributed by atoms with Gasteiger partial charge in [-0.3, -0.25) is 4.79 Å². The maximum Gasteiger partial charge on any atom is 0.243 e. The average molecular weight is 324 g/mol. The maximum atomic E-state index is 12.6. The van der Waals surface area contributed by atoms with E-state index in [1.807, 2.05) is 20.8 Å². The Balaban J connectivity index is 2.33. The Labute approximate surface area is 133 Å². The average Bonchev–Trinajstić information content (AvgIpc) is 2.91. The van der Waals surface area contributed by atoms with Crippen LogP contribution < -0.4 is 4.90 Å². The number of fused-ring (bicyclic) bond motifs is 1. The smallest absolute Gasteiger partial charge is 0.243 e. The van der Waals surface area contributed by atoms with Gasteiger partial charge in [-0.15, -0.1) is 0 Å². The summed E-state index contributed by atoms with van der Waals surface area (Å²) in [6, 6.07) is 5.11. The summed E-state index contributed by atoms with van der Waals surface area (Å²) < 4.78 is 26.6. The minimum absolute atomic E-state index is 0.112. The zero-order chi connectivity index (χ0) is 16.3. The number of amides is 1. The Hall–Kier alpha value is -1.40. The molecule has 0 aromatic heterocycles. The van der Waals surface area contributed by atoms with Gasteiger partial charge in [0.15, 0.2) is 0 Å². The fraction of sp³-hybridized carbons (Fsp3) is 0.562. The Morgan fingerprint density at radius 3 is 2.50 bits per heavy atom. The molecule has 6 heteroatoms. The first-order valence-corrected chi connectivity index (χ1v) is 9.33. The fourth-order valence-corrected chi connectivity index (χ4v) is 4.37. The van der Waals surface area contributed by atoms with Gasteiger partial charge in [0, 0.05) is 31.7 Å². The lowest BCUT2D eigenvalue weighted by atomic mass is 10.2. The summed E-state index contributed by atoms with van der Waals surface area (Å²) >= 11 is 0. The second-order valence-corrected chi connectivity index (χ2v) is 7.36. The summed E-state index contributed by atoms with van der Waals surface area (Å²) in [5.74, 6) is 0.112. The van der Waals surface area contributed by atoms with Crippen LogP contribution >= 0.6 is 0 Å². The summed E-state index contributed by atoms with van der Waals surface area (Å²) in [4.78, 5) is 14.2. The molecule has 0 saturated heterocycles. The van der Waals surface area contributed by atoms with Crippen LogP contribution in [-0.2, 0) is 21.2 Å². The zero-order valence-electron chi connectivity index (χ0n) is 13.5. The van der Waals surface area contributed by atoms with Gasteiger partial charge in [0.25, 0.3) is 0 Å². The minimum Gasteiger partial charge on any atom is -0.312 e. The molecule has 2 rings (SSSR count). The first kappa shape index (κ1) is 17.0. The van der Waals surface area contributed by atoms with Crippen molar-refractivity contribution in [2.45, 2.75) is 44.9 Å². The van der Waals surface area contributed by atoms with E-state index in [2.05, 4.69) is 0 Å². The molecule has 0 fully saturated rings. The maximum absolute atomic E-state index is 12.6. The molecule has 1 aliphatic rings. The van der Waals surface area contributed by atoms with E-state index in [1.165, 1.54) is 4.31 Å². The number of hydrogen-bond acceptors (Lipinski definition) is 3. The second-order valence-electron chi connectivity index (χ2n) is 5.43. The molecular weight excluding hydrogens is 300 g/mol. The lowest BCUT2D eigenvalue weighted by molar-refractivity contribution is -0.118. The Kier molecular flexibility index (Phi) is 5.24. The van der Waals surface area contributed by atoms with Gasteiger partial charge in [-0.05, 0) is 36.6 Å². The quantitative estimate of drug-likeness (QED) is 0.807. The molecule has 1 heterocycles. The van der Waals surface area contributed by atoms with Crippen molar-refractivity contribution in [3.8, 4) is 0 Å². The highest BCUT2D eigenvalue weighted by molar-refractivity contribution is 7.89. The number of nitrogens with zero attached hydrogens (tertiary/aromatic N) is 2. The van der Waals surface area contributed by atoms with Crippen molar-refractivity contribution in [3.63, 3.8) is 0 Å². The largest absolute Gasteiger partial charge is 0.312 e. The first-order valence-electron chi connectivity index (χ1n) is 7.89. The Morgan fingerprint density at radius 2 is 1.91 bits per heavy atom. The molecule has 1 aromatic carbocycles. The third kappa shape index (κ3) is 3.03. The number of rotatable bonds is 6. The van der Waals surface area contributed by atoms with Gasteiger partial charge < -0.3 is 4.90 Å². The molecule has 22 heavy (non-hydrogen) atoms. The summed E-state index contributed by atoms with van der Waals surface area (Å²) in [6.07, 6.45) is 2.06. The highest BCUT2D eigenvalue weighted by Crippen LogP contribution is 2.31. The van der Waals surface area contributed by atoms with Crippen molar-refractivity contribution in [2.75, 3.05) is 24.5 Å². The molecule has 0 atom stereocenters. The molecule has 0 saturated carbocycles. The van der Waals surface area contributed by atoms with Crippen LogP contribution in [0, 0.1) is 0 Å². The predicted octanol–water partition coefficient (Wildman–Crippen LogP) is 2.41. The molecule has 0 aliphatic carbocycles. The van der Waals surface area contributed by atoms with Gasteiger partial charge in [0.05, 0.1) is 4.90 Å². The number of hydrogen-bond donors (Lipinski definition) is 0. The molecule has 0 N–H and O–H groups in total. The molecule has 0 bridgehead atoms. The summed E-state index contributed by atoms with van der Waals surface area (Å²) in [7, 11) is -3.44. The van der Waals surface area contributed by atoms with Crippen molar-refractivity contribution < 1.29 is 13.2 Å². The van der Waals surface area contributed by atoms with E-state index in [9.17, 15) is 13.2 Å². The van der Waals surface area contributed by atoms with Crippen molar-refractivity contribution in [1.29, 1.82) is 0 Å². The highest BCUT2D eigenvalue weighted by Gasteiger charge is 2.27. The first-order chi connectivity index (χ1) is 10.5. The van der Waals surface area contributed by atoms with Crippen molar-refractivity contribution >= 4 is 21.6 Å². The van der Waals surface area contributed by atoms with Gasteiger partial charge in [-0.25, -0.2) is 8.42 Å². The molecule has 1 aliphatic heterocycles. The zero-order valence-corrected chi connectivity index (χ0v) is 14.3. The number of sulfonamides is 1. The van der Waals surface area contributed by atoms with E-state index in [1.54, 1.807) is 23.1 Å². The molecule has 1 amide bonds. The normalized spacial score (nSPS) is 14.5. The standard InChI is InChI=1S/C16H24N2O3S/c1-4-7-16(19)18-11-10-13-12-14(8-9-15(13)18)22(20,21)17(5-2)6-3/h8-9,12H,4-7,10-11H2,1-3H3. The van der Waals surface area contributed by atoms with E-state index in [0.717, 1.165) is 17.7 Å². The monoisotopic (exact) mass is 324 g/mol. The van der Waals surface area contributed by atoms with E-state index >= 15 is 0 Å². The number of carbonyl (C=O) groups excluding carboxylic acids is 1. The van der Waals surface area contributed by atoms with Crippen LogP contribution in [0.3, 0.4) is 0 Å². The van der Waals surface area contributed by atoms with Crippen LogP contribution in [0.15, 0.2) is 23.1 Å². The molecular formula is C16H24N2O3S. The third-order valence-corrected chi connectivity index (χ3v) is 6.10. The van der Waals surface area contributed by atoms with Crippen molar-refractivity contribution in [2.24, 2.45) is 0 Å². The van der Waals surface area contributed by atoms with Crippen LogP contribution in [-0.4, -0.2) is 38.3 Å². The number of anilines is 1. The van der Waals surface area contributed by atoms with Crippen molar-refractivity contribution in [3.05, 3.63) is 23.8 Å². The Morgan fingerprint density at radius 1 is 1.23 bits per heavy atom. The van der Waals surface area contributed by atoms with Crippen LogP contribution in [0.5, 0.6) is 0 Å². The van der Waals surface area contributed by atoms with Gasteiger partial charge in [0.1, 0.15) is 0 Å². The minimum atomic E-state index is -3.44. The van der Waals surface area contributed by atoms with E-state index in [0.29, 0.717) is 37.4 Å². The summed E-state index contributed by atoms with van der Waals surface area (Å²) in [5, 5.41) is 0. The van der Waals surface area contributed by atoms with Gasteiger partial charge in [0.2, 0.25) is 15.9 Å². The van der Waals surface area contributed by atoms with Gasteiger partial charge in [-0.2, -0.15) is 4.31 Å². The lowest BCUT2D eigenvalue weighted by Crippen LogP contribution is -2.30. The van der Waals surface area contributed by atoms with E-state index in [4.69, 9.17) is 0 Å².